The summed E-state index contributed by atoms with van der Waals surface area (Å²) in [5.41, 5.74) is 0. The predicted octanol–water partition coefficient (Wildman–Crippen LogP) is 1.30. The highest BCUT2D eigenvalue weighted by Crippen LogP contribution is 2.08. The second kappa shape index (κ2) is 3.17. The number of nitrogens with zero attached hydrogens (tertiary/aromatic N) is 1. The zero-order valence-electron chi connectivity index (χ0n) is 5.04. The van der Waals surface area contributed by atoms with Crippen LogP contribution < -0.4 is 5.32 Å². The third kappa shape index (κ3) is 1.70. The van der Waals surface area contributed by atoms with E-state index < -0.39 is 0 Å². The van der Waals surface area contributed by atoms with Crippen LogP contribution in [0, 0.1) is 0 Å². The topological polar surface area (TPSA) is 42.0 Å². The van der Waals surface area contributed by atoms with Crippen molar-refractivity contribution in [1.82, 2.24) is 4.98 Å². The molecule has 0 radical (unpaired) electrons. The summed E-state index contributed by atoms with van der Waals surface area (Å²) in [5.74, 6) is 0.499. The maximum atomic E-state index is 9.88. The maximum absolute atomic E-state index is 9.88. The fraction of sp³-hybridized carbons (Fsp3) is 0. The molecular formula is C6H5ClN2O. The Morgan fingerprint density at radius 1 is 1.60 bits per heavy atom. The predicted molar refractivity (Wildman–Crippen MR) is 38.9 cm³/mol. The van der Waals surface area contributed by atoms with Crippen LogP contribution in [-0.2, 0) is 4.79 Å². The highest BCUT2D eigenvalue weighted by molar-refractivity contribution is 6.30. The molecule has 0 aliphatic heterocycles. The Labute approximate surface area is 63.0 Å². The molecule has 10 heavy (non-hydrogen) atoms. The zero-order chi connectivity index (χ0) is 7.40. The molecular weight excluding hydrogens is 152 g/mol. The van der Waals surface area contributed by atoms with Gasteiger partial charge < -0.3 is 5.32 Å². The van der Waals surface area contributed by atoms with Crippen molar-refractivity contribution >= 4 is 23.8 Å². The van der Waals surface area contributed by atoms with Crippen LogP contribution in [0.5, 0.6) is 0 Å². The number of nitrogens with one attached hydrogen (secondary N) is 1. The van der Waals surface area contributed by atoms with Gasteiger partial charge in [-0.3, -0.25) is 4.79 Å². The Hall–Kier alpha value is -1.09. The minimum Gasteiger partial charge on any atom is -0.313 e. The van der Waals surface area contributed by atoms with Crippen LogP contribution >= 0.6 is 11.6 Å². The maximum Gasteiger partial charge on any atom is 0.212 e. The van der Waals surface area contributed by atoms with Crippen molar-refractivity contribution in [2.45, 2.75) is 0 Å². The largest absolute Gasteiger partial charge is 0.313 e. The van der Waals surface area contributed by atoms with E-state index in [-0.39, 0.29) is 0 Å². The highest BCUT2D eigenvalue weighted by atomic mass is 35.5. The summed E-state index contributed by atoms with van der Waals surface area (Å²) in [7, 11) is 0. The molecule has 1 aromatic heterocycles. The fourth-order valence-electron chi connectivity index (χ4n) is 0.522. The third-order valence-electron chi connectivity index (χ3n) is 0.934. The van der Waals surface area contributed by atoms with Gasteiger partial charge in [0.15, 0.2) is 0 Å². The van der Waals surface area contributed by atoms with Crippen LogP contribution in [0.15, 0.2) is 18.3 Å². The van der Waals surface area contributed by atoms with Crippen LogP contribution in [0.3, 0.4) is 0 Å². The lowest BCUT2D eigenvalue weighted by Crippen LogP contribution is -1.95. The molecule has 1 aromatic rings. The number of anilines is 1. The minimum atomic E-state index is 0.499. The second-order valence-electron chi connectivity index (χ2n) is 1.62. The van der Waals surface area contributed by atoms with Gasteiger partial charge in [-0.2, -0.15) is 0 Å². The molecule has 0 aliphatic rings. The standard InChI is InChI=1S/C6H5ClN2O/c7-5-1-2-6(8-3-5)9-4-10/h1-4H,(H,8,9,10). The van der Waals surface area contributed by atoms with E-state index in [0.29, 0.717) is 17.3 Å². The van der Waals surface area contributed by atoms with E-state index >= 15 is 0 Å². The first-order valence-corrected chi connectivity index (χ1v) is 3.02. The molecule has 3 nitrogen and oxygen atoms in total. The summed E-state index contributed by atoms with van der Waals surface area (Å²) >= 11 is 5.53. The number of hydrogen-bond acceptors (Lipinski definition) is 2. The average Bonchev–Trinajstić information content (AvgIpc) is 1.95. The normalized spacial score (nSPS) is 8.90. The Morgan fingerprint density at radius 3 is 2.90 bits per heavy atom. The van der Waals surface area contributed by atoms with Crippen molar-refractivity contribution in [3.8, 4) is 0 Å². The Balaban J connectivity index is 2.78. The number of halogens is 1. The second-order valence-corrected chi connectivity index (χ2v) is 2.06. The number of pyridine rings is 1. The number of carbonyl (C=O) groups excluding carboxylic acids is 1. The van der Waals surface area contributed by atoms with Crippen LogP contribution in [0.4, 0.5) is 5.82 Å². The summed E-state index contributed by atoms with van der Waals surface area (Å²) in [5, 5.41) is 2.94. The SMILES string of the molecule is O=CNc1ccc(Cl)cn1. The molecule has 0 atom stereocenters. The number of hydrogen-bond donors (Lipinski definition) is 1. The van der Waals surface area contributed by atoms with Gasteiger partial charge in [0.05, 0.1) is 5.02 Å². The van der Waals surface area contributed by atoms with Crippen molar-refractivity contribution in [3.63, 3.8) is 0 Å². The molecule has 0 fully saturated rings. The Kier molecular flexibility index (Phi) is 2.23. The number of aromatic nitrogens is 1. The van der Waals surface area contributed by atoms with Gasteiger partial charge in [-0.15, -0.1) is 0 Å². The molecule has 0 spiro atoms. The van der Waals surface area contributed by atoms with Gasteiger partial charge in [0, 0.05) is 6.20 Å². The summed E-state index contributed by atoms with van der Waals surface area (Å²) < 4.78 is 0. The molecule has 0 bridgehead atoms. The quantitative estimate of drug-likeness (QED) is 0.656. The first-order chi connectivity index (χ1) is 4.83. The van der Waals surface area contributed by atoms with Crippen LogP contribution in [-0.4, -0.2) is 11.4 Å². The lowest BCUT2D eigenvalue weighted by molar-refractivity contribution is -0.105. The molecule has 0 saturated carbocycles. The monoisotopic (exact) mass is 156 g/mol. The third-order valence-corrected chi connectivity index (χ3v) is 1.16. The molecule has 52 valence electrons. The highest BCUT2D eigenvalue weighted by Gasteiger charge is 1.89. The van der Waals surface area contributed by atoms with Gasteiger partial charge in [-0.1, -0.05) is 11.6 Å². The molecule has 1 N–H and O–H groups in total. The van der Waals surface area contributed by atoms with E-state index in [1.165, 1.54) is 6.20 Å². The van der Waals surface area contributed by atoms with E-state index in [2.05, 4.69) is 10.3 Å². The van der Waals surface area contributed by atoms with Crippen LogP contribution in [0.1, 0.15) is 0 Å². The lowest BCUT2D eigenvalue weighted by Gasteiger charge is -1.94. The number of carbonyl (C=O) groups is 1. The molecule has 0 aliphatic carbocycles. The van der Waals surface area contributed by atoms with Crippen molar-refractivity contribution in [2.24, 2.45) is 0 Å². The number of amides is 1. The van der Waals surface area contributed by atoms with Gasteiger partial charge in [-0.25, -0.2) is 4.98 Å². The zero-order valence-corrected chi connectivity index (χ0v) is 5.80. The fourth-order valence-corrected chi connectivity index (χ4v) is 0.633. The van der Waals surface area contributed by atoms with Crippen molar-refractivity contribution < 1.29 is 4.79 Å². The van der Waals surface area contributed by atoms with Crippen LogP contribution in [0.2, 0.25) is 5.02 Å². The first kappa shape index (κ1) is 7.02. The number of rotatable bonds is 2. The van der Waals surface area contributed by atoms with Crippen molar-refractivity contribution in [3.05, 3.63) is 23.4 Å². The minimum absolute atomic E-state index is 0.499. The molecule has 0 saturated heterocycles. The Morgan fingerprint density at radius 2 is 2.40 bits per heavy atom. The molecule has 4 heteroatoms. The Bertz CT molecular complexity index is 222. The van der Waals surface area contributed by atoms with E-state index in [1.54, 1.807) is 12.1 Å². The van der Waals surface area contributed by atoms with E-state index in [9.17, 15) is 4.79 Å². The summed E-state index contributed by atoms with van der Waals surface area (Å²) in [6.07, 6.45) is 2.03. The average molecular weight is 157 g/mol. The van der Waals surface area contributed by atoms with Gasteiger partial charge in [-0.05, 0) is 12.1 Å². The molecule has 1 rings (SSSR count). The van der Waals surface area contributed by atoms with Crippen molar-refractivity contribution in [2.75, 3.05) is 5.32 Å². The van der Waals surface area contributed by atoms with E-state index in [4.69, 9.17) is 11.6 Å². The van der Waals surface area contributed by atoms with E-state index in [1.807, 2.05) is 0 Å². The van der Waals surface area contributed by atoms with Crippen LogP contribution in [0.25, 0.3) is 0 Å². The first-order valence-electron chi connectivity index (χ1n) is 2.64. The van der Waals surface area contributed by atoms with E-state index in [0.717, 1.165) is 0 Å². The molecule has 0 unspecified atom stereocenters. The smallest absolute Gasteiger partial charge is 0.212 e. The summed E-state index contributed by atoms with van der Waals surface area (Å²) in [6.45, 7) is 0. The molecule has 1 amide bonds. The molecule has 1 heterocycles. The summed E-state index contributed by atoms with van der Waals surface area (Å²) in [6, 6.07) is 3.27. The lowest BCUT2D eigenvalue weighted by atomic mass is 10.5. The van der Waals surface area contributed by atoms with Gasteiger partial charge >= 0.3 is 0 Å². The van der Waals surface area contributed by atoms with Gasteiger partial charge in [0.2, 0.25) is 6.41 Å². The summed E-state index contributed by atoms with van der Waals surface area (Å²) in [4.78, 5) is 13.7. The van der Waals surface area contributed by atoms with Crippen molar-refractivity contribution in [1.29, 1.82) is 0 Å². The van der Waals surface area contributed by atoms with Gasteiger partial charge in [0.1, 0.15) is 5.82 Å². The van der Waals surface area contributed by atoms with Gasteiger partial charge in [0.25, 0.3) is 0 Å². The molecule has 0 aromatic carbocycles.